The summed E-state index contributed by atoms with van der Waals surface area (Å²) in [7, 11) is 0. The number of Topliss-reactive ketones (excluding diaryl/α,β-unsaturated/α-hetero) is 2. The Morgan fingerprint density at radius 3 is 2.08 bits per heavy atom. The first-order valence-corrected chi connectivity index (χ1v) is 13.6. The molecule has 1 aliphatic carbocycles. The molecule has 0 saturated carbocycles. The van der Waals surface area contributed by atoms with E-state index in [1.165, 1.54) is 15.5 Å². The Morgan fingerprint density at radius 1 is 0.622 bits per heavy atom. The van der Waals surface area contributed by atoms with Crippen molar-refractivity contribution in [2.24, 2.45) is 0 Å². The second-order valence-electron chi connectivity index (χ2n) is 8.89. The van der Waals surface area contributed by atoms with Gasteiger partial charge in [-0.2, -0.15) is 0 Å². The molecule has 7 rings (SSSR count). The monoisotopic (exact) mass is 513 g/mol. The van der Waals surface area contributed by atoms with Gasteiger partial charge in [-0.1, -0.05) is 72.4 Å². The topological polar surface area (TPSA) is 37.4 Å². The van der Waals surface area contributed by atoms with E-state index in [0.29, 0.717) is 11.1 Å². The van der Waals surface area contributed by atoms with Crippen LogP contribution in [0.25, 0.3) is 16.5 Å². The van der Waals surface area contributed by atoms with Gasteiger partial charge >= 0.3 is 0 Å². The minimum Gasteiger partial charge on any atom is -0.308 e. The maximum Gasteiger partial charge on any atom is 0.197 e. The molecule has 4 aromatic carbocycles. The van der Waals surface area contributed by atoms with Gasteiger partial charge in [0, 0.05) is 36.4 Å². The summed E-state index contributed by atoms with van der Waals surface area (Å²) in [6.07, 6.45) is 1.74. The molecule has 5 heteroatoms. The summed E-state index contributed by atoms with van der Waals surface area (Å²) in [5, 5.41) is 0. The summed E-state index contributed by atoms with van der Waals surface area (Å²) < 4.78 is 0. The quantitative estimate of drug-likeness (QED) is 0.175. The van der Waals surface area contributed by atoms with Crippen LogP contribution in [0, 0.1) is 0 Å². The lowest BCUT2D eigenvalue weighted by Crippen LogP contribution is -2.14. The van der Waals surface area contributed by atoms with Crippen molar-refractivity contribution in [3.05, 3.63) is 131 Å². The highest BCUT2D eigenvalue weighted by molar-refractivity contribution is 7.99. The summed E-state index contributed by atoms with van der Waals surface area (Å²) in [5.41, 5.74) is 5.79. The van der Waals surface area contributed by atoms with Crippen LogP contribution < -0.4 is 4.90 Å². The minimum absolute atomic E-state index is 0.194. The lowest BCUT2D eigenvalue weighted by Gasteiger charge is -2.33. The number of carbonyl (C=O) groups excluding carboxylic acids is 2. The van der Waals surface area contributed by atoms with Crippen LogP contribution in [0.2, 0.25) is 0 Å². The fourth-order valence-corrected chi connectivity index (χ4v) is 6.94. The molecule has 1 aliphatic heterocycles. The molecule has 0 amide bonds. The Bertz CT molecular complexity index is 1710. The van der Waals surface area contributed by atoms with Crippen molar-refractivity contribution in [2.45, 2.75) is 9.79 Å². The van der Waals surface area contributed by atoms with E-state index in [9.17, 15) is 9.59 Å². The van der Waals surface area contributed by atoms with Crippen molar-refractivity contribution in [2.75, 3.05) is 4.90 Å². The molecule has 176 valence electrons. The molecule has 5 aromatic rings. The zero-order valence-corrected chi connectivity index (χ0v) is 21.2. The number of thiophene rings is 1. The third-order valence-electron chi connectivity index (χ3n) is 6.64. The van der Waals surface area contributed by atoms with E-state index in [0.717, 1.165) is 26.7 Å². The Morgan fingerprint density at radius 2 is 1.30 bits per heavy atom. The van der Waals surface area contributed by atoms with E-state index in [2.05, 4.69) is 77.7 Å². The van der Waals surface area contributed by atoms with Crippen molar-refractivity contribution in [3.63, 3.8) is 0 Å². The Balaban J connectivity index is 1.25. The van der Waals surface area contributed by atoms with Crippen molar-refractivity contribution >= 4 is 57.8 Å². The van der Waals surface area contributed by atoms with Crippen LogP contribution in [0.1, 0.15) is 25.6 Å². The maximum atomic E-state index is 12.8. The number of nitrogens with zero attached hydrogens (tertiary/aromatic N) is 1. The minimum atomic E-state index is -0.194. The van der Waals surface area contributed by atoms with Gasteiger partial charge in [0.05, 0.1) is 16.9 Å². The van der Waals surface area contributed by atoms with E-state index in [4.69, 9.17) is 0 Å². The lowest BCUT2D eigenvalue weighted by atomic mass is 10.1. The number of ketones is 2. The molecule has 37 heavy (non-hydrogen) atoms. The van der Waals surface area contributed by atoms with Gasteiger partial charge in [0.2, 0.25) is 0 Å². The van der Waals surface area contributed by atoms with E-state index < -0.39 is 0 Å². The molecule has 0 spiro atoms. The molecule has 2 aliphatic rings. The Hall–Kier alpha value is -4.19. The average molecular weight is 514 g/mol. The number of rotatable bonds is 3. The van der Waals surface area contributed by atoms with Crippen LogP contribution in [-0.4, -0.2) is 11.6 Å². The molecular weight excluding hydrogens is 494 g/mol. The summed E-state index contributed by atoms with van der Waals surface area (Å²) in [5.74, 6) is -0.388. The van der Waals surface area contributed by atoms with Crippen LogP contribution in [0.5, 0.6) is 0 Å². The molecule has 0 fully saturated rings. The number of anilines is 3. The van der Waals surface area contributed by atoms with Crippen LogP contribution >= 0.6 is 23.1 Å². The number of allylic oxidation sites excluding steroid dienone is 1. The van der Waals surface area contributed by atoms with Gasteiger partial charge < -0.3 is 4.90 Å². The average Bonchev–Trinajstić information content (AvgIpc) is 3.51. The third kappa shape index (κ3) is 3.67. The highest BCUT2D eigenvalue weighted by Crippen LogP contribution is 2.52. The Kier molecular flexibility index (Phi) is 5.20. The number of hydrogen-bond acceptors (Lipinski definition) is 5. The number of fused-ring (bicyclic) bond motifs is 3. The van der Waals surface area contributed by atoms with Gasteiger partial charge in [-0.05, 0) is 60.2 Å². The van der Waals surface area contributed by atoms with Crippen molar-refractivity contribution < 1.29 is 9.59 Å². The van der Waals surface area contributed by atoms with Gasteiger partial charge in [0.15, 0.2) is 11.6 Å². The van der Waals surface area contributed by atoms with Gasteiger partial charge in [0.25, 0.3) is 0 Å². The molecular formula is C32H19NO2S2. The predicted octanol–water partition coefficient (Wildman–Crippen LogP) is 8.81. The zero-order chi connectivity index (χ0) is 24.9. The number of benzene rings is 4. The van der Waals surface area contributed by atoms with E-state index in [-0.39, 0.29) is 17.1 Å². The number of hydrogen-bond donors (Lipinski definition) is 0. The second kappa shape index (κ2) is 8.73. The van der Waals surface area contributed by atoms with Crippen molar-refractivity contribution in [1.82, 2.24) is 0 Å². The third-order valence-corrected chi connectivity index (χ3v) is 8.84. The lowest BCUT2D eigenvalue weighted by molar-refractivity contribution is 0.0990. The highest BCUT2D eigenvalue weighted by atomic mass is 32.2. The first-order valence-electron chi connectivity index (χ1n) is 11.9. The van der Waals surface area contributed by atoms with Crippen molar-refractivity contribution in [1.29, 1.82) is 0 Å². The largest absolute Gasteiger partial charge is 0.308 e. The standard InChI is InChI=1S/C32H19NO2S2/c34-31-23-10-4-5-11-24(23)32(35)25(31)19-22-15-17-28(36-22)20-14-16-27-30(18-20)37-29-13-7-6-12-26(29)33(27)21-8-2-1-3-9-21/h1-19H. The molecule has 1 aromatic heterocycles. The fourth-order valence-electron chi connectivity index (χ4n) is 4.90. The van der Waals surface area contributed by atoms with Gasteiger partial charge in [-0.3, -0.25) is 9.59 Å². The SMILES string of the molecule is O=C1C(=Cc2ccc(-c3ccc4c(c3)Sc3ccccc3N4c3ccccc3)s2)C(=O)c2ccccc21. The molecule has 0 bridgehead atoms. The molecule has 0 unspecified atom stereocenters. The molecule has 0 N–H and O–H groups in total. The van der Waals surface area contributed by atoms with Gasteiger partial charge in [-0.25, -0.2) is 0 Å². The summed E-state index contributed by atoms with van der Waals surface area (Å²) in [6, 6.07) is 36.5. The smallest absolute Gasteiger partial charge is 0.197 e. The molecule has 2 heterocycles. The fraction of sp³-hybridized carbons (Fsp3) is 0. The zero-order valence-electron chi connectivity index (χ0n) is 19.5. The normalized spacial score (nSPS) is 13.8. The maximum absolute atomic E-state index is 12.8. The molecule has 0 saturated heterocycles. The Labute approximate surface area is 222 Å². The van der Waals surface area contributed by atoms with Crippen LogP contribution in [0.4, 0.5) is 17.1 Å². The van der Waals surface area contributed by atoms with Crippen molar-refractivity contribution in [3.8, 4) is 10.4 Å². The molecule has 0 radical (unpaired) electrons. The predicted molar refractivity (Wildman–Crippen MR) is 152 cm³/mol. The van der Waals surface area contributed by atoms with E-state index in [1.54, 1.807) is 53.4 Å². The first-order chi connectivity index (χ1) is 18.2. The first kappa shape index (κ1) is 22.0. The van der Waals surface area contributed by atoms with Crippen LogP contribution in [0.3, 0.4) is 0 Å². The second-order valence-corrected chi connectivity index (χ2v) is 11.1. The summed E-state index contributed by atoms with van der Waals surface area (Å²) in [6.45, 7) is 0. The highest BCUT2D eigenvalue weighted by Gasteiger charge is 2.32. The van der Waals surface area contributed by atoms with Gasteiger partial charge in [0.1, 0.15) is 0 Å². The van der Waals surface area contributed by atoms with E-state index in [1.807, 2.05) is 12.1 Å². The summed E-state index contributed by atoms with van der Waals surface area (Å²) in [4.78, 5) is 32.3. The number of para-hydroxylation sites is 2. The van der Waals surface area contributed by atoms with Gasteiger partial charge in [-0.15, -0.1) is 11.3 Å². The molecule has 0 atom stereocenters. The molecule has 3 nitrogen and oxygen atoms in total. The van der Waals surface area contributed by atoms with Crippen LogP contribution in [-0.2, 0) is 0 Å². The summed E-state index contributed by atoms with van der Waals surface area (Å²) >= 11 is 3.36. The number of carbonyl (C=O) groups is 2. The van der Waals surface area contributed by atoms with E-state index >= 15 is 0 Å². The van der Waals surface area contributed by atoms with Crippen LogP contribution in [0.15, 0.2) is 125 Å².